The minimum atomic E-state index is -3.48. The van der Waals surface area contributed by atoms with E-state index in [9.17, 15) is 8.42 Å². The molecule has 0 aliphatic heterocycles. The van der Waals surface area contributed by atoms with Crippen molar-refractivity contribution >= 4 is 22.7 Å². The van der Waals surface area contributed by atoms with Gasteiger partial charge in [-0.3, -0.25) is 0 Å². The molecule has 0 saturated carbocycles. The number of sulfonamides is 1. The van der Waals surface area contributed by atoms with Crippen LogP contribution in [0, 0.1) is 0 Å². The Balaban J connectivity index is 2.62. The quantitative estimate of drug-likeness (QED) is 0.373. The van der Waals surface area contributed by atoms with Gasteiger partial charge in [0.1, 0.15) is 5.75 Å². The summed E-state index contributed by atoms with van der Waals surface area (Å²) in [6.45, 7) is 4.16. The molecule has 0 aromatic heterocycles. The Hall–Kier alpha value is -0.720. The van der Waals surface area contributed by atoms with Gasteiger partial charge in [-0.25, -0.2) is 13.1 Å². The number of hydrogen-bond donors (Lipinski definition) is 2. The maximum atomic E-state index is 12.1. The molecular formula is C19H33NO3S2. The van der Waals surface area contributed by atoms with E-state index in [-0.39, 0.29) is 0 Å². The van der Waals surface area contributed by atoms with Gasteiger partial charge in [0.15, 0.2) is 0 Å². The predicted octanol–water partition coefficient (Wildman–Crippen LogP) is 4.93. The Labute approximate surface area is 159 Å². The molecule has 1 unspecified atom stereocenters. The first-order valence-electron chi connectivity index (χ1n) is 9.35. The lowest BCUT2D eigenvalue weighted by Crippen LogP contribution is -2.36. The number of nitrogens with one attached hydrogen (secondary N) is 1. The molecule has 1 rings (SSSR count). The lowest BCUT2D eigenvalue weighted by molar-refractivity contribution is 0.254. The highest BCUT2D eigenvalue weighted by atomic mass is 32.2. The normalized spacial score (nSPS) is 13.0. The van der Waals surface area contributed by atoms with Gasteiger partial charge >= 0.3 is 0 Å². The molecule has 144 valence electrons. The van der Waals surface area contributed by atoms with Crippen molar-refractivity contribution in [1.29, 1.82) is 0 Å². The summed E-state index contributed by atoms with van der Waals surface area (Å²) in [5.41, 5.74) is 0.328. The zero-order chi connectivity index (χ0) is 18.7. The van der Waals surface area contributed by atoms with Crippen molar-refractivity contribution in [3.05, 3.63) is 23.8 Å². The van der Waals surface area contributed by atoms with Crippen molar-refractivity contribution in [3.63, 3.8) is 0 Å². The summed E-state index contributed by atoms with van der Waals surface area (Å²) in [5.74, 6) is 0.521. The van der Waals surface area contributed by atoms with Crippen molar-refractivity contribution < 1.29 is 13.2 Å². The van der Waals surface area contributed by atoms with Crippen LogP contribution in [0.4, 0.5) is 0 Å². The van der Waals surface area contributed by atoms with Gasteiger partial charge in [0.25, 0.3) is 0 Å². The zero-order valence-corrected chi connectivity index (χ0v) is 17.5. The number of aryl methyl sites for hydroxylation is 1. The van der Waals surface area contributed by atoms with Gasteiger partial charge in [-0.05, 0) is 37.6 Å². The van der Waals surface area contributed by atoms with Crippen molar-refractivity contribution in [2.24, 2.45) is 0 Å². The highest BCUT2D eigenvalue weighted by Crippen LogP contribution is 2.27. The first-order valence-corrected chi connectivity index (χ1v) is 11.3. The molecule has 0 fully saturated rings. The zero-order valence-electron chi connectivity index (χ0n) is 15.8. The fraction of sp³-hybridized carbons (Fsp3) is 0.684. The summed E-state index contributed by atoms with van der Waals surface area (Å²) < 4.78 is 32.2. The van der Waals surface area contributed by atoms with Crippen molar-refractivity contribution in [3.8, 4) is 5.75 Å². The number of hydrogen-bond acceptors (Lipinski definition) is 4. The van der Waals surface area contributed by atoms with Gasteiger partial charge in [0.05, 0.1) is 0 Å². The van der Waals surface area contributed by atoms with E-state index in [4.69, 9.17) is 4.74 Å². The monoisotopic (exact) mass is 387 g/mol. The summed E-state index contributed by atoms with van der Waals surface area (Å²) in [6, 6.07) is 5.83. The third-order valence-electron chi connectivity index (χ3n) is 4.26. The van der Waals surface area contributed by atoms with E-state index < -0.39 is 15.5 Å². The molecule has 0 spiro atoms. The summed E-state index contributed by atoms with van der Waals surface area (Å²) in [6.07, 6.45) is 9.81. The standard InChI is InChI=1S/C19H33NO3S2/c1-4-6-7-8-9-10-12-16-13-14-17(18(24)15-16)23-19(11-5-2)25(21,22)20-3/h13-15,19-20,24H,4-12H2,1-3H3. The fourth-order valence-corrected chi connectivity index (χ4v) is 4.05. The topological polar surface area (TPSA) is 55.4 Å². The highest BCUT2D eigenvalue weighted by molar-refractivity contribution is 7.89. The molecular weight excluding hydrogens is 354 g/mol. The van der Waals surface area contributed by atoms with Crippen LogP contribution in [-0.2, 0) is 16.4 Å². The van der Waals surface area contributed by atoms with Crippen molar-refractivity contribution in [2.45, 2.75) is 82.0 Å². The van der Waals surface area contributed by atoms with E-state index in [1.807, 2.05) is 25.1 Å². The number of rotatable bonds is 13. The third kappa shape index (κ3) is 8.01. The fourth-order valence-electron chi connectivity index (χ4n) is 2.71. The third-order valence-corrected chi connectivity index (χ3v) is 6.20. The maximum absolute atomic E-state index is 12.1. The summed E-state index contributed by atoms with van der Waals surface area (Å²) in [7, 11) is -2.07. The Bertz CT molecular complexity index is 603. The molecule has 0 saturated heterocycles. The van der Waals surface area contributed by atoms with Gasteiger partial charge in [-0.15, -0.1) is 12.6 Å². The van der Waals surface area contributed by atoms with Crippen molar-refractivity contribution in [2.75, 3.05) is 7.05 Å². The molecule has 25 heavy (non-hydrogen) atoms. The average Bonchev–Trinajstić information content (AvgIpc) is 2.59. The van der Waals surface area contributed by atoms with Gasteiger partial charge in [-0.1, -0.05) is 58.4 Å². The molecule has 4 nitrogen and oxygen atoms in total. The van der Waals surface area contributed by atoms with Crippen LogP contribution in [-0.4, -0.2) is 20.9 Å². The molecule has 0 aliphatic rings. The van der Waals surface area contributed by atoms with Crippen LogP contribution in [0.15, 0.2) is 23.1 Å². The Kier molecular flexibility index (Phi) is 10.5. The van der Waals surface area contributed by atoms with E-state index >= 15 is 0 Å². The molecule has 0 heterocycles. The molecule has 1 atom stereocenters. The van der Waals surface area contributed by atoms with E-state index in [0.717, 1.165) is 12.8 Å². The summed E-state index contributed by atoms with van der Waals surface area (Å²) >= 11 is 4.49. The molecule has 0 bridgehead atoms. The van der Waals surface area contributed by atoms with Gasteiger partial charge in [0.2, 0.25) is 15.5 Å². The minimum absolute atomic E-state index is 0.440. The van der Waals surface area contributed by atoms with E-state index in [1.165, 1.54) is 51.1 Å². The van der Waals surface area contributed by atoms with Gasteiger partial charge in [0, 0.05) is 11.3 Å². The molecule has 1 N–H and O–H groups in total. The SMILES string of the molecule is CCCCCCCCc1ccc(OC(CCC)S(=O)(=O)NC)c(S)c1. The second-order valence-electron chi connectivity index (χ2n) is 6.41. The summed E-state index contributed by atoms with van der Waals surface area (Å²) in [5, 5.41) is 0. The second kappa shape index (κ2) is 11.8. The van der Waals surface area contributed by atoms with Gasteiger partial charge < -0.3 is 4.74 Å². The minimum Gasteiger partial charge on any atom is -0.472 e. The molecule has 0 amide bonds. The average molecular weight is 388 g/mol. The van der Waals surface area contributed by atoms with Crippen LogP contribution >= 0.6 is 12.6 Å². The molecule has 6 heteroatoms. The lowest BCUT2D eigenvalue weighted by Gasteiger charge is -2.19. The second-order valence-corrected chi connectivity index (χ2v) is 8.91. The van der Waals surface area contributed by atoms with Crippen molar-refractivity contribution in [1.82, 2.24) is 4.72 Å². The van der Waals surface area contributed by atoms with Crippen LogP contribution in [0.25, 0.3) is 0 Å². The first kappa shape index (κ1) is 22.3. The first-order chi connectivity index (χ1) is 11.9. The number of unbranched alkanes of at least 4 members (excludes halogenated alkanes) is 5. The number of thiol groups is 1. The van der Waals surface area contributed by atoms with Crippen LogP contribution in [0.3, 0.4) is 0 Å². The highest BCUT2D eigenvalue weighted by Gasteiger charge is 2.25. The Morgan fingerprint density at radius 1 is 1.08 bits per heavy atom. The summed E-state index contributed by atoms with van der Waals surface area (Å²) in [4.78, 5) is 0.691. The molecule has 1 aromatic carbocycles. The Morgan fingerprint density at radius 2 is 1.76 bits per heavy atom. The van der Waals surface area contributed by atoms with E-state index in [2.05, 4.69) is 24.3 Å². The van der Waals surface area contributed by atoms with Crippen LogP contribution in [0.1, 0.15) is 70.8 Å². The maximum Gasteiger partial charge on any atom is 0.249 e. The van der Waals surface area contributed by atoms with Crippen LogP contribution in [0.2, 0.25) is 0 Å². The number of benzene rings is 1. The smallest absolute Gasteiger partial charge is 0.249 e. The lowest BCUT2D eigenvalue weighted by atomic mass is 10.0. The largest absolute Gasteiger partial charge is 0.472 e. The van der Waals surface area contributed by atoms with Gasteiger partial charge in [-0.2, -0.15) is 0 Å². The van der Waals surface area contributed by atoms with E-state index in [0.29, 0.717) is 17.1 Å². The number of ether oxygens (including phenoxy) is 1. The molecule has 0 aliphatic carbocycles. The molecule has 0 radical (unpaired) electrons. The Morgan fingerprint density at radius 3 is 2.36 bits per heavy atom. The van der Waals surface area contributed by atoms with Crippen LogP contribution in [0.5, 0.6) is 5.75 Å². The predicted molar refractivity (Wildman–Crippen MR) is 108 cm³/mol. The van der Waals surface area contributed by atoms with E-state index in [1.54, 1.807) is 0 Å². The molecule has 1 aromatic rings. The van der Waals surface area contributed by atoms with Crippen LogP contribution < -0.4 is 9.46 Å².